The van der Waals surface area contributed by atoms with Crippen molar-refractivity contribution in [2.75, 3.05) is 0 Å². The van der Waals surface area contributed by atoms with Crippen LogP contribution in [0.2, 0.25) is 0 Å². The summed E-state index contributed by atoms with van der Waals surface area (Å²) in [5.41, 5.74) is -0.446. The van der Waals surface area contributed by atoms with E-state index < -0.39 is 29.1 Å². The highest BCUT2D eigenvalue weighted by molar-refractivity contribution is 5.79. The summed E-state index contributed by atoms with van der Waals surface area (Å²) in [4.78, 5) is 10.7. The van der Waals surface area contributed by atoms with Gasteiger partial charge in [-0.1, -0.05) is 6.07 Å². The lowest BCUT2D eigenvalue weighted by atomic mass is 9.95. The van der Waals surface area contributed by atoms with Gasteiger partial charge in [0.05, 0.1) is 11.6 Å². The molecule has 0 aromatic heterocycles. The maximum Gasteiger partial charge on any atom is 0.325 e. The minimum Gasteiger partial charge on any atom is -0.480 e. The van der Waals surface area contributed by atoms with E-state index in [1.807, 2.05) is 0 Å². The molecule has 0 heterocycles. The van der Waals surface area contributed by atoms with Gasteiger partial charge >= 0.3 is 5.97 Å². The number of aliphatic carboxylic acids is 1. The van der Waals surface area contributed by atoms with Crippen molar-refractivity contribution in [2.24, 2.45) is 0 Å². The van der Waals surface area contributed by atoms with Gasteiger partial charge in [-0.3, -0.25) is 4.79 Å². The number of nitrogens with zero attached hydrogens (tertiary/aromatic N) is 1. The number of aryl methyl sites for hydroxylation is 2. The summed E-state index contributed by atoms with van der Waals surface area (Å²) in [7, 11) is 0. The number of hydrogen-bond donors (Lipinski definition) is 1. The van der Waals surface area contributed by atoms with Crippen LogP contribution in [0.1, 0.15) is 22.6 Å². The zero-order valence-electron chi connectivity index (χ0n) is 8.71. The van der Waals surface area contributed by atoms with E-state index in [4.69, 9.17) is 10.4 Å². The average Bonchev–Trinajstić information content (AvgIpc) is 2.21. The van der Waals surface area contributed by atoms with Gasteiger partial charge in [0, 0.05) is 0 Å². The molecule has 1 N–H and O–H groups in total. The second-order valence-corrected chi connectivity index (χ2v) is 3.45. The van der Waals surface area contributed by atoms with Crippen LogP contribution in [-0.4, -0.2) is 11.1 Å². The molecule has 1 unspecified atom stereocenters. The van der Waals surface area contributed by atoms with Gasteiger partial charge in [-0.2, -0.15) is 5.26 Å². The van der Waals surface area contributed by atoms with Gasteiger partial charge < -0.3 is 5.11 Å². The van der Waals surface area contributed by atoms with Crippen molar-refractivity contribution < 1.29 is 18.7 Å². The van der Waals surface area contributed by atoms with Crippen LogP contribution in [0.3, 0.4) is 0 Å². The van der Waals surface area contributed by atoms with Crippen molar-refractivity contribution in [3.05, 3.63) is 34.4 Å². The van der Waals surface area contributed by atoms with E-state index in [9.17, 15) is 13.6 Å². The molecule has 0 radical (unpaired) electrons. The van der Waals surface area contributed by atoms with E-state index in [0.29, 0.717) is 0 Å². The molecule has 84 valence electrons. The van der Waals surface area contributed by atoms with E-state index in [2.05, 4.69) is 0 Å². The molecule has 0 saturated heterocycles. The van der Waals surface area contributed by atoms with Gasteiger partial charge in [0.2, 0.25) is 0 Å². The van der Waals surface area contributed by atoms with Crippen molar-refractivity contribution in [2.45, 2.75) is 19.8 Å². The molecule has 0 amide bonds. The summed E-state index contributed by atoms with van der Waals surface area (Å²) in [6.45, 7) is 2.78. The van der Waals surface area contributed by atoms with Crippen LogP contribution in [0.15, 0.2) is 6.07 Å². The smallest absolute Gasteiger partial charge is 0.325 e. The summed E-state index contributed by atoms with van der Waals surface area (Å²) in [6, 6.07) is 2.64. The molecular formula is C11H9F2NO2. The molecule has 0 aliphatic carbocycles. The second-order valence-electron chi connectivity index (χ2n) is 3.45. The Kier molecular flexibility index (Phi) is 3.23. The maximum absolute atomic E-state index is 13.6. The van der Waals surface area contributed by atoms with E-state index >= 15 is 0 Å². The summed E-state index contributed by atoms with van der Waals surface area (Å²) < 4.78 is 27.2. The lowest BCUT2D eigenvalue weighted by molar-refractivity contribution is -0.137. The van der Waals surface area contributed by atoms with Crippen molar-refractivity contribution in [1.82, 2.24) is 0 Å². The molecule has 1 atom stereocenters. The Morgan fingerprint density at radius 3 is 2.12 bits per heavy atom. The molecule has 5 heteroatoms. The molecule has 0 aliphatic heterocycles. The van der Waals surface area contributed by atoms with Crippen LogP contribution in [-0.2, 0) is 4.79 Å². The number of carbonyl (C=O) groups is 1. The second kappa shape index (κ2) is 4.27. The summed E-state index contributed by atoms with van der Waals surface area (Å²) >= 11 is 0. The van der Waals surface area contributed by atoms with Gasteiger partial charge in [-0.05, 0) is 25.0 Å². The zero-order valence-corrected chi connectivity index (χ0v) is 8.71. The highest BCUT2D eigenvalue weighted by Crippen LogP contribution is 2.27. The number of benzene rings is 1. The molecule has 16 heavy (non-hydrogen) atoms. The van der Waals surface area contributed by atoms with Crippen LogP contribution < -0.4 is 0 Å². The third-order valence-electron chi connectivity index (χ3n) is 2.26. The quantitative estimate of drug-likeness (QED) is 0.839. The Morgan fingerprint density at radius 2 is 1.81 bits per heavy atom. The van der Waals surface area contributed by atoms with Crippen molar-refractivity contribution in [3.8, 4) is 6.07 Å². The summed E-state index contributed by atoms with van der Waals surface area (Å²) in [5, 5.41) is 17.3. The summed E-state index contributed by atoms with van der Waals surface area (Å²) in [5.74, 6) is -5.34. The highest BCUT2D eigenvalue weighted by Gasteiger charge is 2.28. The highest BCUT2D eigenvalue weighted by atomic mass is 19.1. The van der Waals surface area contributed by atoms with Crippen LogP contribution >= 0.6 is 0 Å². The van der Waals surface area contributed by atoms with Crippen molar-refractivity contribution >= 4 is 5.97 Å². The predicted octanol–water partition coefficient (Wildman–Crippen LogP) is 2.27. The van der Waals surface area contributed by atoms with Gasteiger partial charge in [-0.25, -0.2) is 8.78 Å². The van der Waals surface area contributed by atoms with Crippen molar-refractivity contribution in [3.63, 3.8) is 0 Å². The fraction of sp³-hybridized carbons (Fsp3) is 0.273. The normalized spacial score (nSPS) is 11.9. The van der Waals surface area contributed by atoms with Crippen LogP contribution in [0.25, 0.3) is 0 Å². The number of rotatable bonds is 2. The largest absolute Gasteiger partial charge is 0.480 e. The number of carboxylic acid groups (broad SMARTS) is 1. The van der Waals surface area contributed by atoms with Crippen LogP contribution in [0.5, 0.6) is 0 Å². The Morgan fingerprint density at radius 1 is 1.38 bits per heavy atom. The lowest BCUT2D eigenvalue weighted by Crippen LogP contribution is -2.15. The molecule has 0 spiro atoms. The average molecular weight is 225 g/mol. The van der Waals surface area contributed by atoms with E-state index in [1.54, 1.807) is 0 Å². The summed E-state index contributed by atoms with van der Waals surface area (Å²) in [6.07, 6.45) is 0. The molecule has 0 aliphatic rings. The first-order valence-electron chi connectivity index (χ1n) is 4.47. The topological polar surface area (TPSA) is 61.1 Å². The molecule has 1 aromatic carbocycles. The molecule has 1 rings (SSSR count). The first-order chi connectivity index (χ1) is 7.40. The minimum atomic E-state index is -1.82. The Balaban J connectivity index is 3.55. The number of halogens is 2. The van der Waals surface area contributed by atoms with Gasteiger partial charge in [0.25, 0.3) is 0 Å². The van der Waals surface area contributed by atoms with Gasteiger partial charge in [0.15, 0.2) is 5.92 Å². The molecule has 0 fully saturated rings. The first kappa shape index (κ1) is 12.1. The Hall–Kier alpha value is -1.96. The predicted molar refractivity (Wildman–Crippen MR) is 51.8 cm³/mol. The van der Waals surface area contributed by atoms with Crippen molar-refractivity contribution in [1.29, 1.82) is 5.26 Å². The van der Waals surface area contributed by atoms with Gasteiger partial charge in [0.1, 0.15) is 11.6 Å². The zero-order chi connectivity index (χ0) is 12.5. The fourth-order valence-electron chi connectivity index (χ4n) is 1.47. The SMILES string of the molecule is Cc1cc(C)c(F)c(C(C#N)C(=O)O)c1F. The number of carboxylic acids is 1. The van der Waals surface area contributed by atoms with Gasteiger partial charge in [-0.15, -0.1) is 0 Å². The van der Waals surface area contributed by atoms with Crippen LogP contribution in [0, 0.1) is 36.8 Å². The van der Waals surface area contributed by atoms with Crippen LogP contribution in [0.4, 0.5) is 8.78 Å². The monoisotopic (exact) mass is 225 g/mol. The Labute approximate surface area is 90.9 Å². The molecular weight excluding hydrogens is 216 g/mol. The molecule has 0 bridgehead atoms. The third-order valence-corrected chi connectivity index (χ3v) is 2.26. The number of hydrogen-bond acceptors (Lipinski definition) is 2. The first-order valence-corrected chi connectivity index (χ1v) is 4.47. The number of nitriles is 1. The standard InChI is InChI=1S/C11H9F2NO2/c1-5-3-6(2)10(13)8(9(5)12)7(4-14)11(15)16/h3,7H,1-2H3,(H,15,16). The maximum atomic E-state index is 13.6. The lowest BCUT2D eigenvalue weighted by Gasteiger charge is -2.11. The molecule has 1 aromatic rings. The molecule has 0 saturated carbocycles. The van der Waals surface area contributed by atoms with E-state index in [1.165, 1.54) is 26.0 Å². The van der Waals surface area contributed by atoms with E-state index in [0.717, 1.165) is 0 Å². The molecule has 3 nitrogen and oxygen atoms in total. The van der Waals surface area contributed by atoms with E-state index in [-0.39, 0.29) is 11.1 Å². The third kappa shape index (κ3) is 1.87. The fourth-order valence-corrected chi connectivity index (χ4v) is 1.47. The Bertz CT molecular complexity index is 465. The minimum absolute atomic E-state index is 0.121.